The molecule has 0 atom stereocenters. The summed E-state index contributed by atoms with van der Waals surface area (Å²) in [7, 11) is 0. The Kier molecular flexibility index (Phi) is 4.92. The summed E-state index contributed by atoms with van der Waals surface area (Å²) in [5.41, 5.74) is 1.71. The summed E-state index contributed by atoms with van der Waals surface area (Å²) in [4.78, 5) is 8.14. The Balaban J connectivity index is 1.88. The average Bonchev–Trinajstić information content (AvgIpc) is 2.78. The first-order chi connectivity index (χ1) is 8.83. The van der Waals surface area contributed by atoms with Crippen molar-refractivity contribution in [3.05, 3.63) is 23.7 Å². The summed E-state index contributed by atoms with van der Waals surface area (Å²) < 4.78 is 12.7. The lowest BCUT2D eigenvalue weighted by atomic mass is 10.4. The fourth-order valence-electron chi connectivity index (χ4n) is 1.71. The highest BCUT2D eigenvalue weighted by atomic mass is 35.5. The number of halogens is 1. The molecule has 5 nitrogen and oxygen atoms in total. The van der Waals surface area contributed by atoms with E-state index in [2.05, 4.69) is 9.97 Å². The summed E-state index contributed by atoms with van der Waals surface area (Å²) >= 11 is 6.05. The van der Waals surface area contributed by atoms with Gasteiger partial charge in [-0.1, -0.05) is 11.6 Å². The van der Waals surface area contributed by atoms with Gasteiger partial charge in [0.15, 0.2) is 5.15 Å². The SMILES string of the molecule is CCOCCOCCn1ccc2ncnc(Cl)c21. The molecule has 0 aromatic carbocycles. The number of nitrogens with zero attached hydrogens (tertiary/aromatic N) is 3. The van der Waals surface area contributed by atoms with Gasteiger partial charge in [0.25, 0.3) is 0 Å². The van der Waals surface area contributed by atoms with E-state index in [0.29, 0.717) is 25.0 Å². The van der Waals surface area contributed by atoms with Crippen molar-refractivity contribution in [2.45, 2.75) is 13.5 Å². The molecule has 0 aliphatic heterocycles. The van der Waals surface area contributed by atoms with Crippen LogP contribution in [0.1, 0.15) is 6.92 Å². The minimum absolute atomic E-state index is 0.472. The Bertz CT molecular complexity index is 501. The van der Waals surface area contributed by atoms with Crippen molar-refractivity contribution >= 4 is 22.6 Å². The fraction of sp³-hybridized carbons (Fsp3) is 0.500. The van der Waals surface area contributed by atoms with E-state index < -0.39 is 0 Å². The molecular weight excluding hydrogens is 254 g/mol. The third kappa shape index (κ3) is 3.19. The lowest BCUT2D eigenvalue weighted by Crippen LogP contribution is -2.09. The van der Waals surface area contributed by atoms with E-state index in [1.807, 2.05) is 23.8 Å². The van der Waals surface area contributed by atoms with Crippen LogP contribution >= 0.6 is 11.6 Å². The summed E-state index contributed by atoms with van der Waals surface area (Å²) in [6.45, 7) is 5.27. The van der Waals surface area contributed by atoms with Crippen molar-refractivity contribution in [1.29, 1.82) is 0 Å². The van der Waals surface area contributed by atoms with Crippen LogP contribution in [0.15, 0.2) is 18.6 Å². The smallest absolute Gasteiger partial charge is 0.156 e. The Morgan fingerprint density at radius 3 is 2.89 bits per heavy atom. The Morgan fingerprint density at radius 2 is 2.06 bits per heavy atom. The van der Waals surface area contributed by atoms with E-state index in [9.17, 15) is 0 Å². The van der Waals surface area contributed by atoms with Crippen LogP contribution in [0.25, 0.3) is 11.0 Å². The third-order valence-corrected chi connectivity index (χ3v) is 2.83. The number of fused-ring (bicyclic) bond motifs is 1. The molecule has 2 aromatic heterocycles. The van der Waals surface area contributed by atoms with Crippen molar-refractivity contribution in [1.82, 2.24) is 14.5 Å². The number of hydrogen-bond donors (Lipinski definition) is 0. The maximum Gasteiger partial charge on any atom is 0.156 e. The zero-order chi connectivity index (χ0) is 12.8. The molecule has 2 rings (SSSR count). The molecule has 0 fully saturated rings. The second-order valence-corrected chi connectivity index (χ2v) is 4.07. The molecule has 18 heavy (non-hydrogen) atoms. The van der Waals surface area contributed by atoms with Crippen LogP contribution in [-0.2, 0) is 16.0 Å². The zero-order valence-corrected chi connectivity index (χ0v) is 11.1. The first-order valence-corrected chi connectivity index (χ1v) is 6.31. The molecule has 0 saturated carbocycles. The molecule has 0 amide bonds. The Morgan fingerprint density at radius 1 is 1.22 bits per heavy atom. The number of hydrogen-bond acceptors (Lipinski definition) is 4. The molecule has 0 unspecified atom stereocenters. The number of aromatic nitrogens is 3. The van der Waals surface area contributed by atoms with Gasteiger partial charge in [-0.05, 0) is 13.0 Å². The highest BCUT2D eigenvalue weighted by Gasteiger charge is 2.06. The van der Waals surface area contributed by atoms with Crippen LogP contribution in [0.2, 0.25) is 5.15 Å². The van der Waals surface area contributed by atoms with Crippen LogP contribution in [0, 0.1) is 0 Å². The molecule has 98 valence electrons. The van der Waals surface area contributed by atoms with E-state index in [0.717, 1.165) is 24.2 Å². The normalized spacial score (nSPS) is 11.2. The van der Waals surface area contributed by atoms with Crippen LogP contribution in [-0.4, -0.2) is 41.0 Å². The van der Waals surface area contributed by atoms with Crippen molar-refractivity contribution in [3.63, 3.8) is 0 Å². The minimum Gasteiger partial charge on any atom is -0.379 e. The van der Waals surface area contributed by atoms with Crippen LogP contribution in [0.4, 0.5) is 0 Å². The van der Waals surface area contributed by atoms with Gasteiger partial charge in [0.05, 0.1) is 25.3 Å². The average molecular weight is 270 g/mol. The van der Waals surface area contributed by atoms with Crippen LogP contribution in [0.3, 0.4) is 0 Å². The first-order valence-electron chi connectivity index (χ1n) is 5.93. The van der Waals surface area contributed by atoms with Crippen molar-refractivity contribution < 1.29 is 9.47 Å². The molecule has 0 saturated heterocycles. The van der Waals surface area contributed by atoms with E-state index in [-0.39, 0.29) is 0 Å². The lowest BCUT2D eigenvalue weighted by Gasteiger charge is -2.07. The van der Waals surface area contributed by atoms with Crippen molar-refractivity contribution in [2.24, 2.45) is 0 Å². The van der Waals surface area contributed by atoms with Crippen LogP contribution in [0.5, 0.6) is 0 Å². The van der Waals surface area contributed by atoms with E-state index in [4.69, 9.17) is 21.1 Å². The minimum atomic E-state index is 0.472. The second kappa shape index (κ2) is 6.68. The molecular formula is C12H16ClN3O2. The largest absolute Gasteiger partial charge is 0.379 e. The zero-order valence-electron chi connectivity index (χ0n) is 10.3. The molecule has 2 heterocycles. The molecule has 0 N–H and O–H groups in total. The third-order valence-electron chi connectivity index (χ3n) is 2.56. The highest BCUT2D eigenvalue weighted by molar-refractivity contribution is 6.33. The van der Waals surface area contributed by atoms with Crippen molar-refractivity contribution in [3.8, 4) is 0 Å². The van der Waals surface area contributed by atoms with Gasteiger partial charge in [-0.2, -0.15) is 0 Å². The molecule has 0 aliphatic carbocycles. The topological polar surface area (TPSA) is 49.2 Å². The Hall–Kier alpha value is -1.17. The molecule has 0 radical (unpaired) electrons. The number of rotatable bonds is 7. The standard InChI is InChI=1S/C12H16ClN3O2/c1-2-17-7-8-18-6-5-16-4-3-10-11(16)12(13)15-9-14-10/h3-4,9H,2,5-8H2,1H3. The summed E-state index contributed by atoms with van der Waals surface area (Å²) in [6.07, 6.45) is 3.41. The predicted molar refractivity (Wildman–Crippen MR) is 69.9 cm³/mol. The van der Waals surface area contributed by atoms with E-state index >= 15 is 0 Å². The van der Waals surface area contributed by atoms with Gasteiger partial charge < -0.3 is 14.0 Å². The molecule has 2 aromatic rings. The lowest BCUT2D eigenvalue weighted by molar-refractivity contribution is 0.0500. The molecule has 6 heteroatoms. The fourth-order valence-corrected chi connectivity index (χ4v) is 1.95. The first kappa shape index (κ1) is 13.3. The van der Waals surface area contributed by atoms with E-state index in [1.54, 1.807) is 0 Å². The van der Waals surface area contributed by atoms with Gasteiger partial charge in [0.2, 0.25) is 0 Å². The maximum absolute atomic E-state index is 6.05. The van der Waals surface area contributed by atoms with Crippen LogP contribution < -0.4 is 0 Å². The van der Waals surface area contributed by atoms with Gasteiger partial charge >= 0.3 is 0 Å². The summed E-state index contributed by atoms with van der Waals surface area (Å²) in [5, 5.41) is 0.472. The van der Waals surface area contributed by atoms with Gasteiger partial charge in [0, 0.05) is 19.3 Å². The Labute approximate surface area is 111 Å². The van der Waals surface area contributed by atoms with Gasteiger partial charge in [-0.25, -0.2) is 9.97 Å². The summed E-state index contributed by atoms with van der Waals surface area (Å²) in [5.74, 6) is 0. The van der Waals surface area contributed by atoms with Gasteiger partial charge in [0.1, 0.15) is 11.8 Å². The number of ether oxygens (including phenoxy) is 2. The van der Waals surface area contributed by atoms with E-state index in [1.165, 1.54) is 6.33 Å². The van der Waals surface area contributed by atoms with Gasteiger partial charge in [-0.15, -0.1) is 0 Å². The predicted octanol–water partition coefficient (Wildman–Crippen LogP) is 2.14. The monoisotopic (exact) mass is 269 g/mol. The van der Waals surface area contributed by atoms with Gasteiger partial charge in [-0.3, -0.25) is 0 Å². The second-order valence-electron chi connectivity index (χ2n) is 3.72. The molecule has 0 spiro atoms. The maximum atomic E-state index is 6.05. The summed E-state index contributed by atoms with van der Waals surface area (Å²) in [6, 6.07) is 1.92. The van der Waals surface area contributed by atoms with Crippen molar-refractivity contribution in [2.75, 3.05) is 26.4 Å². The molecule has 0 aliphatic rings. The molecule has 0 bridgehead atoms. The quantitative estimate of drug-likeness (QED) is 0.571. The highest BCUT2D eigenvalue weighted by Crippen LogP contribution is 2.19.